The average Bonchev–Trinajstić information content (AvgIpc) is 2.61. The van der Waals surface area contributed by atoms with E-state index in [9.17, 15) is 23.1 Å². The molecule has 0 bridgehead atoms. The van der Waals surface area contributed by atoms with Crippen molar-refractivity contribution in [3.8, 4) is 0 Å². The molecule has 0 aliphatic rings. The van der Waals surface area contributed by atoms with Gasteiger partial charge < -0.3 is 15.7 Å². The van der Waals surface area contributed by atoms with E-state index in [1.54, 1.807) is 13.1 Å². The molecule has 0 fully saturated rings. The molecule has 146 valence electrons. The molecule has 6 nitrogen and oxygen atoms in total. The molecule has 0 aromatic heterocycles. The van der Waals surface area contributed by atoms with Gasteiger partial charge in [0, 0.05) is 10.1 Å². The molecule has 0 heterocycles. The molecule has 1 atom stereocenters. The maximum absolute atomic E-state index is 14.2. The molecule has 0 aliphatic carbocycles. The number of halogens is 4. The topological polar surface area (TPSA) is 82.6 Å². The Balaban J connectivity index is 2.21. The van der Waals surface area contributed by atoms with Crippen molar-refractivity contribution in [2.75, 3.05) is 25.5 Å². The summed E-state index contributed by atoms with van der Waals surface area (Å²) >= 11 is 1.90. The van der Waals surface area contributed by atoms with Crippen molar-refractivity contribution >= 4 is 39.9 Å². The lowest BCUT2D eigenvalue weighted by molar-refractivity contribution is -0.0114. The molecule has 0 aliphatic heterocycles. The van der Waals surface area contributed by atoms with Crippen LogP contribution in [0.2, 0.25) is 0 Å². The smallest absolute Gasteiger partial charge is 0.277 e. The number of rotatable bonds is 8. The van der Waals surface area contributed by atoms with Crippen LogP contribution in [0.15, 0.2) is 30.3 Å². The highest BCUT2D eigenvalue weighted by atomic mass is 127. The van der Waals surface area contributed by atoms with Crippen molar-refractivity contribution in [2.45, 2.75) is 6.10 Å². The molecule has 2 aromatic carbocycles. The molecular formula is C17H17F3IN3O3. The van der Waals surface area contributed by atoms with E-state index in [0.29, 0.717) is 3.57 Å². The van der Waals surface area contributed by atoms with Crippen LogP contribution in [0.4, 0.5) is 24.5 Å². The quantitative estimate of drug-likeness (QED) is 0.335. The second-order valence-corrected chi connectivity index (χ2v) is 6.73. The van der Waals surface area contributed by atoms with Crippen LogP contribution in [0.5, 0.6) is 0 Å². The summed E-state index contributed by atoms with van der Waals surface area (Å²) in [6.45, 7) is 0.0186. The van der Waals surface area contributed by atoms with E-state index in [4.69, 9.17) is 4.84 Å². The molecular weight excluding hydrogens is 478 g/mol. The fourth-order valence-corrected chi connectivity index (χ4v) is 2.59. The zero-order valence-electron chi connectivity index (χ0n) is 14.2. The van der Waals surface area contributed by atoms with E-state index in [1.807, 2.05) is 28.1 Å². The minimum absolute atomic E-state index is 0.126. The molecule has 0 spiro atoms. The van der Waals surface area contributed by atoms with Gasteiger partial charge in [0.1, 0.15) is 12.4 Å². The van der Waals surface area contributed by atoms with Crippen molar-refractivity contribution < 1.29 is 27.9 Å². The molecule has 0 saturated carbocycles. The van der Waals surface area contributed by atoms with E-state index in [1.165, 1.54) is 12.1 Å². The van der Waals surface area contributed by atoms with Gasteiger partial charge in [0.2, 0.25) is 0 Å². The molecule has 2 aromatic rings. The van der Waals surface area contributed by atoms with Crippen LogP contribution in [-0.2, 0) is 4.84 Å². The zero-order valence-corrected chi connectivity index (χ0v) is 16.3. The number of nitrogens with one attached hydrogen (secondary N) is 3. The minimum atomic E-state index is -1.34. The van der Waals surface area contributed by atoms with Crippen molar-refractivity contribution in [3.05, 3.63) is 56.9 Å². The van der Waals surface area contributed by atoms with E-state index >= 15 is 0 Å². The first kappa shape index (κ1) is 21.4. The van der Waals surface area contributed by atoms with E-state index < -0.39 is 35.2 Å². The Hall–Kier alpha value is -1.89. The van der Waals surface area contributed by atoms with Crippen LogP contribution in [0.25, 0.3) is 0 Å². The maximum Gasteiger partial charge on any atom is 0.277 e. The molecule has 2 rings (SSSR count). The van der Waals surface area contributed by atoms with Gasteiger partial charge in [-0.2, -0.15) is 0 Å². The highest BCUT2D eigenvalue weighted by Crippen LogP contribution is 2.28. The number of carbonyl (C=O) groups excluding carboxylic acids is 1. The molecule has 4 N–H and O–H groups in total. The van der Waals surface area contributed by atoms with Crippen molar-refractivity contribution in [2.24, 2.45) is 0 Å². The molecule has 0 saturated heterocycles. The Bertz CT molecular complexity index is 823. The van der Waals surface area contributed by atoms with Gasteiger partial charge >= 0.3 is 0 Å². The Morgan fingerprint density at radius 2 is 1.96 bits per heavy atom. The summed E-state index contributed by atoms with van der Waals surface area (Å²) in [6.07, 6.45) is -0.876. The number of likely N-dealkylation sites (N-methyl/N-ethyl adjacent to an activating group) is 1. The largest absolute Gasteiger partial charge is 0.389 e. The highest BCUT2D eigenvalue weighted by molar-refractivity contribution is 14.1. The molecule has 1 unspecified atom stereocenters. The summed E-state index contributed by atoms with van der Waals surface area (Å²) in [4.78, 5) is 17.1. The summed E-state index contributed by atoms with van der Waals surface area (Å²) in [5.74, 6) is -4.12. The van der Waals surface area contributed by atoms with E-state index in [0.717, 1.165) is 12.1 Å². The number of carbonyl (C=O) groups is 1. The van der Waals surface area contributed by atoms with Gasteiger partial charge in [-0.05, 0) is 60.0 Å². The second-order valence-electron chi connectivity index (χ2n) is 5.49. The first-order valence-electron chi connectivity index (χ1n) is 7.78. The number of aliphatic hydroxyl groups excluding tert-OH is 1. The first-order valence-corrected chi connectivity index (χ1v) is 8.86. The van der Waals surface area contributed by atoms with Crippen molar-refractivity contribution in [1.29, 1.82) is 0 Å². The number of benzene rings is 2. The van der Waals surface area contributed by atoms with Crippen LogP contribution < -0.4 is 16.1 Å². The number of anilines is 2. The summed E-state index contributed by atoms with van der Waals surface area (Å²) in [5.41, 5.74) is 1.08. The minimum Gasteiger partial charge on any atom is -0.389 e. The van der Waals surface area contributed by atoms with E-state index in [2.05, 4.69) is 10.6 Å². The van der Waals surface area contributed by atoms with Gasteiger partial charge in [-0.1, -0.05) is 0 Å². The summed E-state index contributed by atoms with van der Waals surface area (Å²) < 4.78 is 42.5. The standard InChI is InChI=1S/C17H17F3IN3O3/c1-22-7-10(25)8-27-24-17(26)11-3-4-12(18)15(20)16(11)23-14-5-2-9(21)6-13(14)19/h2-6,10,22-23,25H,7-8H2,1H3,(H,24,26). The maximum atomic E-state index is 14.2. The number of aliphatic hydroxyl groups is 1. The van der Waals surface area contributed by atoms with Crippen LogP contribution in [0, 0.1) is 21.0 Å². The normalized spacial score (nSPS) is 11.9. The fourth-order valence-electron chi connectivity index (χ4n) is 2.14. The monoisotopic (exact) mass is 495 g/mol. The lowest BCUT2D eigenvalue weighted by atomic mass is 10.1. The predicted octanol–water partition coefficient (Wildman–Crippen LogP) is 2.69. The number of hydroxylamine groups is 1. The highest BCUT2D eigenvalue weighted by Gasteiger charge is 2.20. The summed E-state index contributed by atoms with van der Waals surface area (Å²) in [6, 6.07) is 5.92. The number of hydrogen-bond donors (Lipinski definition) is 4. The Morgan fingerprint density at radius 1 is 1.22 bits per heavy atom. The Morgan fingerprint density at radius 3 is 2.63 bits per heavy atom. The summed E-state index contributed by atoms with van der Waals surface area (Å²) in [7, 11) is 1.63. The fraction of sp³-hybridized carbons (Fsp3) is 0.235. The third kappa shape index (κ3) is 5.79. The first-order chi connectivity index (χ1) is 12.8. The van der Waals surface area contributed by atoms with Gasteiger partial charge in [-0.25, -0.2) is 18.7 Å². The molecule has 27 heavy (non-hydrogen) atoms. The van der Waals surface area contributed by atoms with Crippen molar-refractivity contribution in [1.82, 2.24) is 10.8 Å². The van der Waals surface area contributed by atoms with Crippen LogP contribution in [0.3, 0.4) is 0 Å². The van der Waals surface area contributed by atoms with Crippen molar-refractivity contribution in [3.63, 3.8) is 0 Å². The third-order valence-electron chi connectivity index (χ3n) is 3.41. The van der Waals surface area contributed by atoms with Crippen LogP contribution in [0.1, 0.15) is 10.4 Å². The van der Waals surface area contributed by atoms with Gasteiger partial charge in [-0.15, -0.1) is 0 Å². The van der Waals surface area contributed by atoms with Gasteiger partial charge in [0.25, 0.3) is 5.91 Å². The molecule has 10 heteroatoms. The van der Waals surface area contributed by atoms with Crippen LogP contribution in [-0.4, -0.2) is 37.3 Å². The molecule has 1 amide bonds. The molecule has 0 radical (unpaired) electrons. The Kier molecular flexibility index (Phi) is 7.83. The SMILES string of the molecule is CNCC(O)CONC(=O)c1ccc(F)c(F)c1Nc1ccc(I)cc1F. The predicted molar refractivity (Wildman–Crippen MR) is 102 cm³/mol. The van der Waals surface area contributed by atoms with Gasteiger partial charge in [0.05, 0.1) is 23.0 Å². The number of amides is 1. The Labute approximate surface area is 167 Å². The lowest BCUT2D eigenvalue weighted by Gasteiger charge is -2.15. The summed E-state index contributed by atoms with van der Waals surface area (Å²) in [5, 5.41) is 14.6. The second kappa shape index (κ2) is 9.88. The van der Waals surface area contributed by atoms with Gasteiger partial charge in [0.15, 0.2) is 11.6 Å². The number of hydrogen-bond acceptors (Lipinski definition) is 5. The van der Waals surface area contributed by atoms with Crippen LogP contribution >= 0.6 is 22.6 Å². The van der Waals surface area contributed by atoms with Gasteiger partial charge in [-0.3, -0.25) is 9.63 Å². The van der Waals surface area contributed by atoms with E-state index in [-0.39, 0.29) is 24.4 Å². The lowest BCUT2D eigenvalue weighted by Crippen LogP contribution is -2.33. The zero-order chi connectivity index (χ0) is 20.0. The average molecular weight is 495 g/mol. The third-order valence-corrected chi connectivity index (χ3v) is 4.08.